The molecule has 6 heteroatoms. The van der Waals surface area contributed by atoms with Gasteiger partial charge in [0.15, 0.2) is 0 Å². The van der Waals surface area contributed by atoms with Crippen LogP contribution >= 0.6 is 11.6 Å². The fourth-order valence-electron chi connectivity index (χ4n) is 3.24. The number of nitrogens with one attached hydrogen (secondary N) is 1. The minimum Gasteiger partial charge on any atom is -0.466 e. The average molecular weight is 373 g/mol. The van der Waals surface area contributed by atoms with Crippen LogP contribution in [0.25, 0.3) is 0 Å². The molecule has 0 unspecified atom stereocenters. The lowest BCUT2D eigenvalue weighted by Gasteiger charge is -2.37. The van der Waals surface area contributed by atoms with Crippen LogP contribution < -0.4 is 5.32 Å². The Morgan fingerprint density at radius 1 is 1.19 bits per heavy atom. The number of urea groups is 1. The van der Waals surface area contributed by atoms with E-state index in [2.05, 4.69) is 5.32 Å². The van der Waals surface area contributed by atoms with Gasteiger partial charge in [-0.1, -0.05) is 48.0 Å². The number of carbonyl (C=O) groups excluding carboxylic acids is 2. The SMILES string of the molecule is CCOC(=O)C[C@H]1c2ccccc2CCN1C(=O)Nc1ccccc1Cl. The second kappa shape index (κ2) is 8.23. The molecule has 1 heterocycles. The Morgan fingerprint density at radius 3 is 2.69 bits per heavy atom. The third-order valence-corrected chi connectivity index (χ3v) is 4.78. The number of rotatable bonds is 4. The molecule has 2 aromatic rings. The maximum atomic E-state index is 12.9. The highest BCUT2D eigenvalue weighted by atomic mass is 35.5. The number of carbonyl (C=O) groups is 2. The van der Waals surface area contributed by atoms with Gasteiger partial charge < -0.3 is 15.0 Å². The minimum atomic E-state index is -0.360. The van der Waals surface area contributed by atoms with Crippen molar-refractivity contribution in [1.82, 2.24) is 4.90 Å². The lowest BCUT2D eigenvalue weighted by molar-refractivity contribution is -0.144. The predicted molar refractivity (Wildman–Crippen MR) is 101 cm³/mol. The van der Waals surface area contributed by atoms with E-state index in [0.717, 1.165) is 17.5 Å². The number of fused-ring (bicyclic) bond motifs is 1. The molecule has 26 heavy (non-hydrogen) atoms. The Morgan fingerprint density at radius 2 is 1.92 bits per heavy atom. The van der Waals surface area contributed by atoms with Gasteiger partial charge in [-0.25, -0.2) is 4.79 Å². The average Bonchev–Trinajstić information content (AvgIpc) is 2.64. The van der Waals surface area contributed by atoms with Gasteiger partial charge in [-0.15, -0.1) is 0 Å². The van der Waals surface area contributed by atoms with Gasteiger partial charge in [-0.2, -0.15) is 0 Å². The molecule has 0 spiro atoms. The molecule has 0 aliphatic carbocycles. The first kappa shape index (κ1) is 18.3. The number of anilines is 1. The maximum absolute atomic E-state index is 12.9. The van der Waals surface area contributed by atoms with Crippen LogP contribution in [0.2, 0.25) is 5.02 Å². The molecule has 0 bridgehead atoms. The van der Waals surface area contributed by atoms with E-state index in [-0.39, 0.29) is 24.5 Å². The Bertz CT molecular complexity index is 809. The summed E-state index contributed by atoms with van der Waals surface area (Å²) in [5, 5.41) is 3.32. The Labute approximate surface area is 157 Å². The molecule has 3 rings (SSSR count). The quantitative estimate of drug-likeness (QED) is 0.808. The van der Waals surface area contributed by atoms with Gasteiger partial charge in [0, 0.05) is 6.54 Å². The fourth-order valence-corrected chi connectivity index (χ4v) is 3.43. The van der Waals surface area contributed by atoms with Crippen molar-refractivity contribution >= 4 is 29.3 Å². The highest BCUT2D eigenvalue weighted by Crippen LogP contribution is 2.33. The molecule has 0 saturated heterocycles. The molecule has 5 nitrogen and oxygen atoms in total. The topological polar surface area (TPSA) is 58.6 Å². The van der Waals surface area contributed by atoms with Crippen LogP contribution in [0.5, 0.6) is 0 Å². The highest BCUT2D eigenvalue weighted by Gasteiger charge is 2.32. The van der Waals surface area contributed by atoms with Crippen molar-refractivity contribution in [1.29, 1.82) is 0 Å². The molecule has 1 N–H and O–H groups in total. The monoisotopic (exact) mass is 372 g/mol. The number of halogens is 1. The zero-order valence-corrected chi connectivity index (χ0v) is 15.3. The van der Waals surface area contributed by atoms with Crippen LogP contribution in [0.4, 0.5) is 10.5 Å². The molecule has 0 radical (unpaired) electrons. The molecular formula is C20H21ClN2O3. The number of hydrogen-bond donors (Lipinski definition) is 1. The van der Waals surface area contributed by atoms with Crippen LogP contribution in [0, 0.1) is 0 Å². The van der Waals surface area contributed by atoms with Gasteiger partial charge in [0.05, 0.1) is 29.8 Å². The van der Waals surface area contributed by atoms with Crippen molar-refractivity contribution in [2.24, 2.45) is 0 Å². The molecule has 2 amide bonds. The van der Waals surface area contributed by atoms with Crippen molar-refractivity contribution in [3.05, 3.63) is 64.7 Å². The molecule has 0 fully saturated rings. The van der Waals surface area contributed by atoms with Crippen molar-refractivity contribution in [3.8, 4) is 0 Å². The largest absolute Gasteiger partial charge is 0.466 e. The fraction of sp³-hybridized carbons (Fsp3) is 0.300. The molecule has 1 aliphatic rings. The van der Waals surface area contributed by atoms with Gasteiger partial charge in [-0.3, -0.25) is 4.79 Å². The number of esters is 1. The van der Waals surface area contributed by atoms with E-state index >= 15 is 0 Å². The summed E-state index contributed by atoms with van der Waals surface area (Å²) >= 11 is 6.14. The predicted octanol–water partition coefficient (Wildman–Crippen LogP) is 4.42. The van der Waals surface area contributed by atoms with Crippen LogP contribution in [0.3, 0.4) is 0 Å². The maximum Gasteiger partial charge on any atom is 0.322 e. The minimum absolute atomic E-state index is 0.126. The zero-order chi connectivity index (χ0) is 18.5. The number of ether oxygens (including phenoxy) is 1. The van der Waals surface area contributed by atoms with E-state index in [1.54, 1.807) is 30.0 Å². The summed E-state index contributed by atoms with van der Waals surface area (Å²) in [5.41, 5.74) is 2.69. The number of hydrogen-bond acceptors (Lipinski definition) is 3. The summed E-state index contributed by atoms with van der Waals surface area (Å²) in [7, 11) is 0. The van der Waals surface area contributed by atoms with E-state index < -0.39 is 0 Å². The molecule has 136 valence electrons. The van der Waals surface area contributed by atoms with Crippen molar-refractivity contribution < 1.29 is 14.3 Å². The smallest absolute Gasteiger partial charge is 0.322 e. The van der Waals surface area contributed by atoms with E-state index in [1.165, 1.54) is 0 Å². The summed E-state index contributed by atoms with van der Waals surface area (Å²) in [6.45, 7) is 2.62. The van der Waals surface area contributed by atoms with Crippen LogP contribution in [0.1, 0.15) is 30.5 Å². The Kier molecular flexibility index (Phi) is 5.78. The number of amides is 2. The second-order valence-corrected chi connectivity index (χ2v) is 6.48. The Hall–Kier alpha value is -2.53. The number of nitrogens with zero attached hydrogens (tertiary/aromatic N) is 1. The lowest BCUT2D eigenvalue weighted by atomic mass is 9.91. The summed E-state index contributed by atoms with van der Waals surface area (Å²) in [5.74, 6) is -0.315. The summed E-state index contributed by atoms with van der Waals surface area (Å²) in [6, 6.07) is 14.3. The van der Waals surface area contributed by atoms with Crippen molar-refractivity contribution in [2.75, 3.05) is 18.5 Å². The standard InChI is InChI=1S/C20H21ClN2O3/c1-2-26-19(24)13-18-15-8-4-3-7-14(15)11-12-23(18)20(25)22-17-10-6-5-9-16(17)21/h3-10,18H,2,11-13H2,1H3,(H,22,25)/t18-/m0/s1. The lowest BCUT2D eigenvalue weighted by Crippen LogP contribution is -2.43. The summed E-state index contributed by atoms with van der Waals surface area (Å²) in [6.07, 6.45) is 0.867. The highest BCUT2D eigenvalue weighted by molar-refractivity contribution is 6.33. The van der Waals surface area contributed by atoms with E-state index in [4.69, 9.17) is 16.3 Å². The number of benzene rings is 2. The number of para-hydroxylation sites is 1. The van der Waals surface area contributed by atoms with Gasteiger partial charge in [0.1, 0.15) is 0 Å². The van der Waals surface area contributed by atoms with E-state index in [9.17, 15) is 9.59 Å². The van der Waals surface area contributed by atoms with Crippen LogP contribution in [0.15, 0.2) is 48.5 Å². The molecular weight excluding hydrogens is 352 g/mol. The zero-order valence-electron chi connectivity index (χ0n) is 14.6. The van der Waals surface area contributed by atoms with Crippen LogP contribution in [-0.4, -0.2) is 30.1 Å². The third-order valence-electron chi connectivity index (χ3n) is 4.45. The molecule has 1 aliphatic heterocycles. The normalized spacial score (nSPS) is 15.9. The van der Waals surface area contributed by atoms with Crippen LogP contribution in [-0.2, 0) is 16.0 Å². The molecule has 1 atom stereocenters. The first-order chi connectivity index (χ1) is 12.6. The third kappa shape index (κ3) is 3.99. The van der Waals surface area contributed by atoms with Crippen molar-refractivity contribution in [3.63, 3.8) is 0 Å². The van der Waals surface area contributed by atoms with Gasteiger partial charge in [0.25, 0.3) is 0 Å². The van der Waals surface area contributed by atoms with Gasteiger partial charge in [-0.05, 0) is 36.6 Å². The molecule has 0 aromatic heterocycles. The summed E-state index contributed by atoms with van der Waals surface area (Å²) in [4.78, 5) is 26.7. The van der Waals surface area contributed by atoms with Gasteiger partial charge >= 0.3 is 12.0 Å². The molecule has 0 saturated carbocycles. The van der Waals surface area contributed by atoms with Gasteiger partial charge in [0.2, 0.25) is 0 Å². The van der Waals surface area contributed by atoms with E-state index in [1.807, 2.05) is 30.3 Å². The van der Waals surface area contributed by atoms with Crippen molar-refractivity contribution in [2.45, 2.75) is 25.8 Å². The Balaban J connectivity index is 1.85. The summed E-state index contributed by atoms with van der Waals surface area (Å²) < 4.78 is 5.11. The first-order valence-electron chi connectivity index (χ1n) is 8.65. The second-order valence-electron chi connectivity index (χ2n) is 6.08. The van der Waals surface area contributed by atoms with E-state index in [0.29, 0.717) is 23.9 Å². The molecule has 2 aromatic carbocycles. The first-order valence-corrected chi connectivity index (χ1v) is 9.03.